The number of carbonyl (C=O) groups excluding carboxylic acids is 1. The minimum atomic E-state index is -2.04. The number of ether oxygens (including phenoxy) is 1. The van der Waals surface area contributed by atoms with Crippen molar-refractivity contribution in [3.8, 4) is 0 Å². The van der Waals surface area contributed by atoms with Gasteiger partial charge in [0.15, 0.2) is 0 Å². The summed E-state index contributed by atoms with van der Waals surface area (Å²) in [5.41, 5.74) is 1.54. The van der Waals surface area contributed by atoms with Crippen LogP contribution in [0.4, 0.5) is 4.79 Å². The van der Waals surface area contributed by atoms with Crippen molar-refractivity contribution in [3.05, 3.63) is 12.2 Å². The maximum absolute atomic E-state index is 11.7. The minimum absolute atomic E-state index is 0.0887. The fourth-order valence-corrected chi connectivity index (χ4v) is 11.2. The van der Waals surface area contributed by atoms with Crippen LogP contribution >= 0.6 is 0 Å². The third kappa shape index (κ3) is 10.5. The molecule has 0 bridgehead atoms. The van der Waals surface area contributed by atoms with Crippen LogP contribution in [0.3, 0.4) is 0 Å². The molecule has 194 valence electrons. The molecule has 1 aliphatic heterocycles. The van der Waals surface area contributed by atoms with Crippen LogP contribution in [0.25, 0.3) is 0 Å². The van der Waals surface area contributed by atoms with Crippen LogP contribution in [0.15, 0.2) is 12.2 Å². The topological polar surface area (TPSA) is 47.6 Å². The number of amides is 1. The minimum Gasteiger partial charge on any atom is -0.447 e. The lowest BCUT2D eigenvalue weighted by Gasteiger charge is -2.45. The van der Waals surface area contributed by atoms with Gasteiger partial charge in [0.2, 0.25) is 8.32 Å². The lowest BCUT2D eigenvalue weighted by atomic mass is 10.0. The van der Waals surface area contributed by atoms with E-state index >= 15 is 0 Å². The van der Waals surface area contributed by atoms with Gasteiger partial charge in [-0.3, -0.25) is 0 Å². The molecule has 1 amide bonds. The van der Waals surface area contributed by atoms with Gasteiger partial charge in [0.1, 0.15) is 6.61 Å². The summed E-state index contributed by atoms with van der Waals surface area (Å²) in [6, 6.07) is -0.0887. The Morgan fingerprint density at radius 2 is 1.36 bits per heavy atom. The van der Waals surface area contributed by atoms with E-state index in [2.05, 4.69) is 65.9 Å². The lowest BCUT2D eigenvalue weighted by molar-refractivity contribution is 0.156. The number of unbranched alkanes of at least 4 members (excludes halogenated alkanes) is 11. The number of hydrogen-bond acceptors (Lipinski definition) is 3. The number of rotatable bonds is 19. The van der Waals surface area contributed by atoms with Crippen molar-refractivity contribution >= 4 is 14.4 Å². The summed E-state index contributed by atoms with van der Waals surface area (Å²) in [5.74, 6) is 0. The van der Waals surface area contributed by atoms with E-state index in [0.717, 1.165) is 6.42 Å². The van der Waals surface area contributed by atoms with E-state index < -0.39 is 8.32 Å². The Balaban J connectivity index is 2.48. The first-order valence-corrected chi connectivity index (χ1v) is 16.2. The number of nitrogens with one attached hydrogen (secondary N) is 1. The highest BCUT2D eigenvalue weighted by Gasteiger charge is 2.48. The predicted octanol–water partition coefficient (Wildman–Crippen LogP) is 8.91. The molecule has 1 heterocycles. The van der Waals surface area contributed by atoms with E-state index in [9.17, 15) is 4.79 Å². The van der Waals surface area contributed by atoms with Crippen molar-refractivity contribution in [2.45, 2.75) is 154 Å². The normalized spacial score (nSPS) is 18.0. The van der Waals surface area contributed by atoms with Crippen LogP contribution in [-0.2, 0) is 9.16 Å². The summed E-state index contributed by atoms with van der Waals surface area (Å²) in [5, 5.41) is 2.97. The quantitative estimate of drug-likeness (QED) is 0.114. The number of hydrogen-bond donors (Lipinski definition) is 1. The molecule has 5 heteroatoms. The molecule has 0 saturated carbocycles. The summed E-state index contributed by atoms with van der Waals surface area (Å²) < 4.78 is 12.2. The SMILES string of the molecule is CCCCCCCCCCCCC/C=C/[C@@H](O[Si](C(C)C)(C(C)C)C(C)C)[C@@H]1COC(=O)N1. The highest BCUT2D eigenvalue weighted by molar-refractivity contribution is 6.77. The fraction of sp³-hybridized carbons (Fsp3) is 0.893. The van der Waals surface area contributed by atoms with Gasteiger partial charge in [-0.2, -0.15) is 0 Å². The average Bonchev–Trinajstić information content (AvgIpc) is 3.19. The van der Waals surface area contributed by atoms with E-state index in [-0.39, 0.29) is 18.2 Å². The van der Waals surface area contributed by atoms with E-state index in [4.69, 9.17) is 9.16 Å². The Morgan fingerprint density at radius 3 is 1.79 bits per heavy atom. The molecule has 0 spiro atoms. The Bertz CT molecular complexity index is 525. The van der Waals surface area contributed by atoms with Crippen molar-refractivity contribution in [2.24, 2.45) is 0 Å². The van der Waals surface area contributed by atoms with Crippen molar-refractivity contribution in [2.75, 3.05) is 6.61 Å². The summed E-state index contributed by atoms with van der Waals surface area (Å²) in [6.07, 6.45) is 20.2. The zero-order valence-electron chi connectivity index (χ0n) is 23.0. The van der Waals surface area contributed by atoms with Gasteiger partial charge in [0, 0.05) is 0 Å². The number of allylic oxidation sites excluding steroid dienone is 1. The molecule has 1 aliphatic rings. The van der Waals surface area contributed by atoms with Crippen molar-refractivity contribution in [3.63, 3.8) is 0 Å². The first-order chi connectivity index (χ1) is 15.8. The highest BCUT2D eigenvalue weighted by atomic mass is 28.4. The average molecular weight is 482 g/mol. The molecule has 0 aromatic carbocycles. The van der Waals surface area contributed by atoms with Crippen LogP contribution in [0.1, 0.15) is 126 Å². The van der Waals surface area contributed by atoms with Gasteiger partial charge >= 0.3 is 6.09 Å². The van der Waals surface area contributed by atoms with Gasteiger partial charge in [-0.25, -0.2) is 4.79 Å². The van der Waals surface area contributed by atoms with Gasteiger partial charge < -0.3 is 14.5 Å². The van der Waals surface area contributed by atoms with Crippen molar-refractivity contribution in [1.82, 2.24) is 5.32 Å². The molecule has 0 aromatic heterocycles. The predicted molar refractivity (Wildman–Crippen MR) is 144 cm³/mol. The second kappa shape index (κ2) is 16.8. The van der Waals surface area contributed by atoms with Crippen molar-refractivity contribution in [1.29, 1.82) is 0 Å². The molecule has 0 aromatic rings. The third-order valence-corrected chi connectivity index (χ3v) is 13.5. The van der Waals surface area contributed by atoms with Gasteiger partial charge in [0.05, 0.1) is 12.1 Å². The van der Waals surface area contributed by atoms with Gasteiger partial charge in [-0.15, -0.1) is 0 Å². The Labute approximate surface area is 206 Å². The largest absolute Gasteiger partial charge is 0.447 e. The van der Waals surface area contributed by atoms with Crippen LogP contribution in [0, 0.1) is 0 Å². The first-order valence-electron chi connectivity index (χ1n) is 14.0. The molecule has 0 radical (unpaired) electrons. The monoisotopic (exact) mass is 481 g/mol. The highest BCUT2D eigenvalue weighted by Crippen LogP contribution is 2.43. The second-order valence-corrected chi connectivity index (χ2v) is 16.4. The summed E-state index contributed by atoms with van der Waals surface area (Å²) in [7, 11) is -2.04. The zero-order chi connectivity index (χ0) is 24.7. The number of carbonyl (C=O) groups is 1. The van der Waals surface area contributed by atoms with Gasteiger partial charge in [-0.1, -0.05) is 125 Å². The standard InChI is InChI=1S/C28H55NO3Si/c1-8-9-10-11-12-13-14-15-16-17-18-19-20-21-27(26-22-31-28(30)29-26)32-33(23(2)3,24(4)5)25(6)7/h20-21,23-27H,8-19,22H2,1-7H3,(H,29,30)/b21-20+/t26-,27+/m0/s1. The van der Waals surface area contributed by atoms with E-state index in [1.165, 1.54) is 70.6 Å². The van der Waals surface area contributed by atoms with Gasteiger partial charge in [-0.05, 0) is 29.5 Å². The maximum atomic E-state index is 11.7. The van der Waals surface area contributed by atoms with E-state index in [0.29, 0.717) is 23.2 Å². The third-order valence-electron chi connectivity index (χ3n) is 7.44. The Hall–Kier alpha value is -0.813. The molecular weight excluding hydrogens is 426 g/mol. The summed E-state index contributed by atoms with van der Waals surface area (Å²) in [4.78, 5) is 11.7. The molecule has 1 fully saturated rings. The lowest BCUT2D eigenvalue weighted by Crippen LogP contribution is -2.53. The maximum Gasteiger partial charge on any atom is 0.407 e. The number of alkyl carbamates (subject to hydrolysis) is 1. The number of cyclic esters (lactones) is 1. The van der Waals surface area contributed by atoms with Gasteiger partial charge in [0.25, 0.3) is 0 Å². The molecule has 1 N–H and O–H groups in total. The molecular formula is C28H55NO3Si. The van der Waals surface area contributed by atoms with Crippen LogP contribution in [-0.4, -0.2) is 33.2 Å². The molecule has 0 unspecified atom stereocenters. The van der Waals surface area contributed by atoms with E-state index in [1.54, 1.807) is 0 Å². The van der Waals surface area contributed by atoms with Crippen LogP contribution in [0.5, 0.6) is 0 Å². The molecule has 2 atom stereocenters. The summed E-state index contributed by atoms with van der Waals surface area (Å²) in [6.45, 7) is 16.5. The van der Waals surface area contributed by atoms with Crippen LogP contribution < -0.4 is 5.32 Å². The molecule has 1 saturated heterocycles. The molecule has 4 nitrogen and oxygen atoms in total. The molecule has 1 rings (SSSR count). The fourth-order valence-electron chi connectivity index (χ4n) is 5.63. The Morgan fingerprint density at radius 1 is 0.879 bits per heavy atom. The summed E-state index contributed by atoms with van der Waals surface area (Å²) >= 11 is 0. The Kier molecular flexibility index (Phi) is 15.3. The van der Waals surface area contributed by atoms with Crippen LogP contribution in [0.2, 0.25) is 16.6 Å². The second-order valence-electron chi connectivity index (χ2n) is 11.0. The van der Waals surface area contributed by atoms with Crippen molar-refractivity contribution < 1.29 is 14.0 Å². The van der Waals surface area contributed by atoms with E-state index in [1.807, 2.05) is 0 Å². The smallest absolute Gasteiger partial charge is 0.407 e. The molecule has 33 heavy (non-hydrogen) atoms. The molecule has 0 aliphatic carbocycles. The first kappa shape index (κ1) is 30.2. The zero-order valence-corrected chi connectivity index (χ0v) is 24.0.